The Morgan fingerprint density at radius 1 is 1.08 bits per heavy atom. The summed E-state index contributed by atoms with van der Waals surface area (Å²) in [4.78, 5) is 20.7. The van der Waals surface area contributed by atoms with Crippen LogP contribution < -0.4 is 5.56 Å². The first kappa shape index (κ1) is 14.3. The standard InChI is InChI=1S/C17H14N6O/c1-11-6-2-3-7-12(11)16-20-22-23(21-16)10-15-18-14-9-5-4-8-13(14)17(24)19-15/h2-9H,10H2,1H3,(H,18,19,24). The summed E-state index contributed by atoms with van der Waals surface area (Å²) in [5.41, 5.74) is 2.49. The van der Waals surface area contributed by atoms with Crippen molar-refractivity contribution >= 4 is 10.9 Å². The van der Waals surface area contributed by atoms with Gasteiger partial charge in [0.2, 0.25) is 5.82 Å². The van der Waals surface area contributed by atoms with Crippen LogP contribution in [0.1, 0.15) is 11.4 Å². The number of hydrogen-bond donors (Lipinski definition) is 1. The largest absolute Gasteiger partial charge is 0.308 e. The number of fused-ring (bicyclic) bond motifs is 1. The molecule has 24 heavy (non-hydrogen) atoms. The van der Waals surface area contributed by atoms with Crippen LogP contribution in [0.15, 0.2) is 53.3 Å². The molecule has 2 heterocycles. The molecule has 0 spiro atoms. The van der Waals surface area contributed by atoms with E-state index in [-0.39, 0.29) is 12.1 Å². The highest BCUT2D eigenvalue weighted by molar-refractivity contribution is 5.77. The second-order valence-electron chi connectivity index (χ2n) is 5.49. The Bertz CT molecular complexity index is 1080. The van der Waals surface area contributed by atoms with E-state index in [2.05, 4.69) is 25.4 Å². The second-order valence-corrected chi connectivity index (χ2v) is 5.49. The summed E-state index contributed by atoms with van der Waals surface area (Å²) < 4.78 is 0. The minimum absolute atomic E-state index is 0.171. The lowest BCUT2D eigenvalue weighted by Gasteiger charge is -2.02. The number of aryl methyl sites for hydroxylation is 1. The van der Waals surface area contributed by atoms with E-state index in [0.717, 1.165) is 11.1 Å². The van der Waals surface area contributed by atoms with Crippen molar-refractivity contribution in [3.05, 3.63) is 70.3 Å². The summed E-state index contributed by atoms with van der Waals surface area (Å²) >= 11 is 0. The normalized spacial score (nSPS) is 11.0. The first-order valence-corrected chi connectivity index (χ1v) is 7.52. The average Bonchev–Trinajstić information content (AvgIpc) is 3.03. The van der Waals surface area contributed by atoms with Crippen molar-refractivity contribution in [2.75, 3.05) is 0 Å². The fourth-order valence-corrected chi connectivity index (χ4v) is 2.59. The number of aromatic amines is 1. The van der Waals surface area contributed by atoms with E-state index in [1.165, 1.54) is 4.80 Å². The minimum Gasteiger partial charge on any atom is -0.308 e. The van der Waals surface area contributed by atoms with Gasteiger partial charge < -0.3 is 4.98 Å². The zero-order valence-electron chi connectivity index (χ0n) is 13.0. The van der Waals surface area contributed by atoms with Crippen molar-refractivity contribution in [2.24, 2.45) is 0 Å². The van der Waals surface area contributed by atoms with Crippen LogP contribution in [0.2, 0.25) is 0 Å². The average molecular weight is 318 g/mol. The number of aromatic nitrogens is 6. The third-order valence-electron chi connectivity index (χ3n) is 3.79. The van der Waals surface area contributed by atoms with Gasteiger partial charge in [0.05, 0.1) is 10.9 Å². The van der Waals surface area contributed by atoms with Gasteiger partial charge in [-0.05, 0) is 29.8 Å². The summed E-state index contributed by atoms with van der Waals surface area (Å²) in [5, 5.41) is 13.1. The van der Waals surface area contributed by atoms with E-state index in [0.29, 0.717) is 22.6 Å². The number of benzene rings is 2. The molecule has 0 aliphatic heterocycles. The maximum absolute atomic E-state index is 12.1. The molecule has 0 unspecified atom stereocenters. The first-order chi connectivity index (χ1) is 11.7. The molecule has 7 heteroatoms. The van der Waals surface area contributed by atoms with Crippen molar-refractivity contribution in [3.63, 3.8) is 0 Å². The zero-order valence-corrected chi connectivity index (χ0v) is 13.0. The lowest BCUT2D eigenvalue weighted by Crippen LogP contribution is -2.15. The minimum atomic E-state index is -0.171. The fourth-order valence-electron chi connectivity index (χ4n) is 2.59. The number of nitrogens with one attached hydrogen (secondary N) is 1. The van der Waals surface area contributed by atoms with E-state index >= 15 is 0 Å². The van der Waals surface area contributed by atoms with Crippen LogP contribution in [0, 0.1) is 6.92 Å². The number of hydrogen-bond acceptors (Lipinski definition) is 5. The van der Waals surface area contributed by atoms with E-state index in [4.69, 9.17) is 0 Å². The van der Waals surface area contributed by atoms with Crippen LogP contribution >= 0.6 is 0 Å². The summed E-state index contributed by atoms with van der Waals surface area (Å²) in [7, 11) is 0. The molecule has 0 amide bonds. The van der Waals surface area contributed by atoms with Crippen LogP contribution in [0.3, 0.4) is 0 Å². The third-order valence-corrected chi connectivity index (χ3v) is 3.79. The highest BCUT2D eigenvalue weighted by Crippen LogP contribution is 2.17. The highest BCUT2D eigenvalue weighted by atomic mass is 16.1. The Hall–Kier alpha value is -3.35. The zero-order chi connectivity index (χ0) is 16.5. The molecule has 2 aromatic heterocycles. The van der Waals surface area contributed by atoms with Crippen molar-refractivity contribution in [3.8, 4) is 11.4 Å². The summed E-state index contributed by atoms with van der Waals surface area (Å²) in [5.74, 6) is 1.05. The second kappa shape index (κ2) is 5.69. The Kier molecular flexibility index (Phi) is 3.38. The van der Waals surface area contributed by atoms with Crippen LogP contribution in [0.25, 0.3) is 22.3 Å². The predicted octanol–water partition coefficient (Wildman–Crippen LogP) is 1.93. The molecule has 7 nitrogen and oxygen atoms in total. The quantitative estimate of drug-likeness (QED) is 0.623. The lowest BCUT2D eigenvalue weighted by molar-refractivity contribution is 0.555. The smallest absolute Gasteiger partial charge is 0.258 e. The molecule has 1 N–H and O–H groups in total. The molecular formula is C17H14N6O. The predicted molar refractivity (Wildman–Crippen MR) is 89.5 cm³/mol. The Morgan fingerprint density at radius 2 is 1.88 bits per heavy atom. The maximum atomic E-state index is 12.1. The van der Waals surface area contributed by atoms with Gasteiger partial charge in [0.25, 0.3) is 5.56 Å². The summed E-state index contributed by atoms with van der Waals surface area (Å²) in [6.07, 6.45) is 0. The molecule has 118 valence electrons. The van der Waals surface area contributed by atoms with Crippen molar-refractivity contribution in [1.29, 1.82) is 0 Å². The molecule has 4 rings (SSSR count). The van der Waals surface area contributed by atoms with Gasteiger partial charge in [-0.3, -0.25) is 4.79 Å². The lowest BCUT2D eigenvalue weighted by atomic mass is 10.1. The monoisotopic (exact) mass is 318 g/mol. The molecule has 4 aromatic rings. The van der Waals surface area contributed by atoms with E-state index in [1.807, 2.05) is 49.4 Å². The van der Waals surface area contributed by atoms with Gasteiger partial charge in [0.1, 0.15) is 12.4 Å². The van der Waals surface area contributed by atoms with Crippen LogP contribution in [0.4, 0.5) is 0 Å². The maximum Gasteiger partial charge on any atom is 0.258 e. The van der Waals surface area contributed by atoms with Crippen molar-refractivity contribution in [1.82, 2.24) is 30.2 Å². The Labute approximate surface area is 137 Å². The molecule has 0 atom stereocenters. The summed E-state index contributed by atoms with van der Waals surface area (Å²) in [6, 6.07) is 15.1. The number of tetrazole rings is 1. The molecule has 0 saturated carbocycles. The molecule has 0 fully saturated rings. The molecular weight excluding hydrogens is 304 g/mol. The molecule has 0 aliphatic rings. The molecule has 0 bridgehead atoms. The van der Waals surface area contributed by atoms with Crippen LogP contribution in [-0.2, 0) is 6.54 Å². The van der Waals surface area contributed by atoms with Crippen molar-refractivity contribution in [2.45, 2.75) is 13.5 Å². The van der Waals surface area contributed by atoms with Gasteiger partial charge in [-0.25, -0.2) is 4.98 Å². The van der Waals surface area contributed by atoms with Gasteiger partial charge in [-0.2, -0.15) is 4.80 Å². The molecule has 0 radical (unpaired) electrons. The highest BCUT2D eigenvalue weighted by Gasteiger charge is 2.10. The van der Waals surface area contributed by atoms with Gasteiger partial charge >= 0.3 is 0 Å². The molecule has 0 saturated heterocycles. The van der Waals surface area contributed by atoms with Gasteiger partial charge in [-0.15, -0.1) is 10.2 Å². The number of nitrogens with zero attached hydrogens (tertiary/aromatic N) is 5. The molecule has 2 aromatic carbocycles. The Balaban J connectivity index is 1.67. The first-order valence-electron chi connectivity index (χ1n) is 7.52. The molecule has 0 aliphatic carbocycles. The third kappa shape index (κ3) is 2.56. The van der Waals surface area contributed by atoms with Gasteiger partial charge in [0.15, 0.2) is 0 Å². The number of para-hydroxylation sites is 1. The van der Waals surface area contributed by atoms with Crippen molar-refractivity contribution < 1.29 is 0 Å². The van der Waals surface area contributed by atoms with Gasteiger partial charge in [-0.1, -0.05) is 36.4 Å². The summed E-state index contributed by atoms with van der Waals surface area (Å²) in [6.45, 7) is 2.25. The fraction of sp³-hybridized carbons (Fsp3) is 0.118. The van der Waals surface area contributed by atoms with Crippen LogP contribution in [0.5, 0.6) is 0 Å². The topological polar surface area (TPSA) is 89.4 Å². The van der Waals surface area contributed by atoms with Crippen LogP contribution in [-0.4, -0.2) is 30.2 Å². The van der Waals surface area contributed by atoms with E-state index < -0.39 is 0 Å². The van der Waals surface area contributed by atoms with Gasteiger partial charge in [0, 0.05) is 5.56 Å². The number of H-pyrrole nitrogens is 1. The Morgan fingerprint density at radius 3 is 2.75 bits per heavy atom. The number of rotatable bonds is 3. The SMILES string of the molecule is Cc1ccccc1-c1nnn(Cc2nc3ccccc3c(=O)[nH]2)n1. The van der Waals surface area contributed by atoms with E-state index in [1.54, 1.807) is 6.07 Å². The van der Waals surface area contributed by atoms with E-state index in [9.17, 15) is 4.79 Å².